The Morgan fingerprint density at radius 1 is 1.18 bits per heavy atom. The van der Waals surface area contributed by atoms with Gasteiger partial charge in [0.15, 0.2) is 11.0 Å². The number of rotatable bonds is 9. The van der Waals surface area contributed by atoms with E-state index in [9.17, 15) is 4.79 Å². The summed E-state index contributed by atoms with van der Waals surface area (Å²) < 4.78 is 12.3. The van der Waals surface area contributed by atoms with Crippen LogP contribution >= 0.6 is 23.1 Å². The highest BCUT2D eigenvalue weighted by Gasteiger charge is 2.16. The van der Waals surface area contributed by atoms with Crippen molar-refractivity contribution in [3.05, 3.63) is 29.3 Å². The Morgan fingerprint density at radius 3 is 2.61 bits per heavy atom. The minimum atomic E-state index is -0.173. The molecule has 0 saturated heterocycles. The largest absolute Gasteiger partial charge is 0.497 e. The van der Waals surface area contributed by atoms with Crippen LogP contribution in [-0.4, -0.2) is 57.4 Å². The van der Waals surface area contributed by atoms with Gasteiger partial charge in [0.25, 0.3) is 0 Å². The predicted octanol–water partition coefficient (Wildman–Crippen LogP) is 2.49. The molecule has 0 saturated carbocycles. The van der Waals surface area contributed by atoms with Gasteiger partial charge in [-0.3, -0.25) is 14.7 Å². The topological polar surface area (TPSA) is 104 Å². The number of thioether (sulfide) groups is 1. The van der Waals surface area contributed by atoms with E-state index in [0.29, 0.717) is 29.3 Å². The molecule has 0 radical (unpaired) electrons. The van der Waals surface area contributed by atoms with Gasteiger partial charge < -0.3 is 9.47 Å². The molecule has 28 heavy (non-hydrogen) atoms. The van der Waals surface area contributed by atoms with Crippen molar-refractivity contribution in [2.45, 2.75) is 18.6 Å². The Labute approximate surface area is 170 Å². The molecule has 3 rings (SSSR count). The van der Waals surface area contributed by atoms with Crippen LogP contribution in [0.4, 0.5) is 5.13 Å². The molecule has 3 aromatic rings. The Balaban J connectivity index is 1.72. The SMILES string of the molecule is COCCn1c(SCC(=O)Nc2nnc(C)s2)nnc1-c1ccc(OC)cc1. The fraction of sp³-hybridized carbons (Fsp3) is 0.353. The van der Waals surface area contributed by atoms with E-state index >= 15 is 0 Å². The average Bonchev–Trinajstić information content (AvgIpc) is 3.30. The van der Waals surface area contributed by atoms with Crippen LogP contribution in [0.3, 0.4) is 0 Å². The molecule has 0 unspecified atom stereocenters. The summed E-state index contributed by atoms with van der Waals surface area (Å²) in [6, 6.07) is 7.58. The second-order valence-corrected chi connectivity index (χ2v) is 7.77. The Hall–Kier alpha value is -2.50. The van der Waals surface area contributed by atoms with Gasteiger partial charge in [0.05, 0.1) is 26.0 Å². The van der Waals surface area contributed by atoms with Gasteiger partial charge in [0.1, 0.15) is 10.8 Å². The fourth-order valence-electron chi connectivity index (χ4n) is 2.37. The highest BCUT2D eigenvalue weighted by atomic mass is 32.2. The molecular formula is C17H20N6O3S2. The van der Waals surface area contributed by atoms with Crippen molar-refractivity contribution in [3.8, 4) is 17.1 Å². The summed E-state index contributed by atoms with van der Waals surface area (Å²) in [6.07, 6.45) is 0. The Kier molecular flexibility index (Phi) is 6.95. The molecular weight excluding hydrogens is 400 g/mol. The van der Waals surface area contributed by atoms with Crippen molar-refractivity contribution in [2.24, 2.45) is 0 Å². The molecule has 1 aromatic carbocycles. The second kappa shape index (κ2) is 9.62. The van der Waals surface area contributed by atoms with Gasteiger partial charge in [0.2, 0.25) is 11.0 Å². The van der Waals surface area contributed by atoms with E-state index in [1.54, 1.807) is 14.2 Å². The van der Waals surface area contributed by atoms with Gasteiger partial charge in [-0.2, -0.15) is 0 Å². The van der Waals surface area contributed by atoms with Crippen LogP contribution in [0.15, 0.2) is 29.4 Å². The summed E-state index contributed by atoms with van der Waals surface area (Å²) >= 11 is 2.64. The van der Waals surface area contributed by atoms with E-state index in [2.05, 4.69) is 25.7 Å². The third-order valence-corrected chi connectivity index (χ3v) is 5.41. The number of nitrogens with zero attached hydrogens (tertiary/aromatic N) is 5. The smallest absolute Gasteiger partial charge is 0.236 e. The lowest BCUT2D eigenvalue weighted by molar-refractivity contribution is -0.113. The standard InChI is InChI=1S/C17H20N6O3S2/c1-11-19-21-16(28-11)18-14(24)10-27-17-22-20-15(23(17)8-9-25-2)12-4-6-13(26-3)7-5-12/h4-7H,8-10H2,1-3H3,(H,18,21,24). The van der Waals surface area contributed by atoms with Gasteiger partial charge in [-0.05, 0) is 31.2 Å². The quantitative estimate of drug-likeness (QED) is 0.527. The van der Waals surface area contributed by atoms with Crippen LogP contribution < -0.4 is 10.1 Å². The van der Waals surface area contributed by atoms with Crippen molar-refractivity contribution >= 4 is 34.1 Å². The van der Waals surface area contributed by atoms with E-state index in [0.717, 1.165) is 16.3 Å². The number of hydrogen-bond donors (Lipinski definition) is 1. The third-order valence-electron chi connectivity index (χ3n) is 3.69. The summed E-state index contributed by atoms with van der Waals surface area (Å²) in [4.78, 5) is 12.2. The molecule has 11 heteroatoms. The first kappa shape index (κ1) is 20.2. The number of ether oxygens (including phenoxy) is 2. The minimum absolute atomic E-state index is 0.173. The number of amides is 1. The molecule has 9 nitrogen and oxygen atoms in total. The number of nitrogens with one attached hydrogen (secondary N) is 1. The van der Waals surface area contributed by atoms with Crippen LogP contribution in [0.1, 0.15) is 5.01 Å². The van der Waals surface area contributed by atoms with Crippen molar-refractivity contribution in [3.63, 3.8) is 0 Å². The number of carbonyl (C=O) groups is 1. The molecule has 2 aromatic heterocycles. The maximum Gasteiger partial charge on any atom is 0.236 e. The first-order chi connectivity index (χ1) is 13.6. The Bertz CT molecular complexity index is 925. The normalized spacial score (nSPS) is 10.8. The maximum atomic E-state index is 12.2. The van der Waals surface area contributed by atoms with Crippen molar-refractivity contribution in [2.75, 3.05) is 31.9 Å². The van der Waals surface area contributed by atoms with Gasteiger partial charge >= 0.3 is 0 Å². The summed E-state index contributed by atoms with van der Waals surface area (Å²) in [5.41, 5.74) is 0.907. The van der Waals surface area contributed by atoms with Crippen LogP contribution in [0.2, 0.25) is 0 Å². The molecule has 148 valence electrons. The average molecular weight is 421 g/mol. The summed E-state index contributed by atoms with van der Waals surface area (Å²) in [6.45, 7) is 2.91. The molecule has 0 aliphatic rings. The molecule has 1 amide bonds. The van der Waals surface area contributed by atoms with Crippen LogP contribution in [0.5, 0.6) is 5.75 Å². The van der Waals surface area contributed by atoms with Crippen LogP contribution in [0.25, 0.3) is 11.4 Å². The van der Waals surface area contributed by atoms with Crippen LogP contribution in [0, 0.1) is 6.92 Å². The van der Waals surface area contributed by atoms with E-state index in [1.165, 1.54) is 23.1 Å². The number of aryl methyl sites for hydroxylation is 1. The molecule has 0 spiro atoms. The molecule has 0 aliphatic heterocycles. The number of anilines is 1. The van der Waals surface area contributed by atoms with Gasteiger partial charge in [-0.25, -0.2) is 0 Å². The van der Waals surface area contributed by atoms with Gasteiger partial charge in [0, 0.05) is 12.7 Å². The van der Waals surface area contributed by atoms with E-state index in [4.69, 9.17) is 9.47 Å². The highest BCUT2D eigenvalue weighted by Crippen LogP contribution is 2.26. The lowest BCUT2D eigenvalue weighted by Crippen LogP contribution is -2.15. The van der Waals surface area contributed by atoms with Gasteiger partial charge in [-0.1, -0.05) is 23.1 Å². The van der Waals surface area contributed by atoms with Gasteiger partial charge in [-0.15, -0.1) is 20.4 Å². The molecule has 0 fully saturated rings. The van der Waals surface area contributed by atoms with E-state index in [-0.39, 0.29) is 11.7 Å². The number of carbonyl (C=O) groups excluding carboxylic acids is 1. The lowest BCUT2D eigenvalue weighted by atomic mass is 10.2. The summed E-state index contributed by atoms with van der Waals surface area (Å²) in [5, 5.41) is 21.0. The van der Waals surface area contributed by atoms with E-state index in [1.807, 2.05) is 35.8 Å². The molecule has 0 bridgehead atoms. The minimum Gasteiger partial charge on any atom is -0.497 e. The number of hydrogen-bond acceptors (Lipinski definition) is 9. The first-order valence-electron chi connectivity index (χ1n) is 8.40. The predicted molar refractivity (Wildman–Crippen MR) is 108 cm³/mol. The summed E-state index contributed by atoms with van der Waals surface area (Å²) in [5.74, 6) is 1.49. The summed E-state index contributed by atoms with van der Waals surface area (Å²) in [7, 11) is 3.26. The van der Waals surface area contributed by atoms with E-state index < -0.39 is 0 Å². The van der Waals surface area contributed by atoms with Crippen molar-refractivity contribution in [1.29, 1.82) is 0 Å². The molecule has 2 heterocycles. The van der Waals surface area contributed by atoms with Crippen LogP contribution in [-0.2, 0) is 16.1 Å². The third kappa shape index (κ3) is 5.06. The monoisotopic (exact) mass is 420 g/mol. The molecule has 0 aliphatic carbocycles. The molecule has 1 N–H and O–H groups in total. The number of methoxy groups -OCH3 is 2. The van der Waals surface area contributed by atoms with Crippen molar-refractivity contribution in [1.82, 2.24) is 25.0 Å². The fourth-order valence-corrected chi connectivity index (χ4v) is 3.74. The zero-order valence-corrected chi connectivity index (χ0v) is 17.3. The maximum absolute atomic E-state index is 12.2. The Morgan fingerprint density at radius 2 is 1.96 bits per heavy atom. The highest BCUT2D eigenvalue weighted by molar-refractivity contribution is 7.99. The number of benzene rings is 1. The number of aromatic nitrogens is 5. The second-order valence-electron chi connectivity index (χ2n) is 5.64. The first-order valence-corrected chi connectivity index (χ1v) is 10.2. The van der Waals surface area contributed by atoms with Crippen molar-refractivity contribution < 1.29 is 14.3 Å². The molecule has 0 atom stereocenters. The zero-order chi connectivity index (χ0) is 19.9. The zero-order valence-electron chi connectivity index (χ0n) is 15.7. The lowest BCUT2D eigenvalue weighted by Gasteiger charge is -2.10.